The number of rotatable bonds is 40. The van der Waals surface area contributed by atoms with Crippen LogP contribution < -0.4 is 5.32 Å². The predicted octanol–water partition coefficient (Wildman–Crippen LogP) is 12.0. The smallest absolute Gasteiger partial charge is 0.305 e. The van der Waals surface area contributed by atoms with Crippen molar-refractivity contribution in [3.05, 3.63) is 0 Å². The maximum absolute atomic E-state index is 12.3. The van der Waals surface area contributed by atoms with Gasteiger partial charge in [-0.2, -0.15) is 0 Å². The van der Waals surface area contributed by atoms with Crippen LogP contribution in [-0.2, 0) is 23.9 Å². The van der Waals surface area contributed by atoms with E-state index in [1.54, 1.807) is 0 Å². The molecule has 0 aliphatic rings. The zero-order valence-electron chi connectivity index (χ0n) is 32.5. The molecule has 0 saturated carbocycles. The second-order valence-electron chi connectivity index (χ2n) is 14.6. The first-order chi connectivity index (χ1) is 24.0. The first-order valence-corrected chi connectivity index (χ1v) is 21.3. The second kappa shape index (κ2) is 39.2. The predicted molar refractivity (Wildman–Crippen MR) is 205 cm³/mol. The molecule has 290 valence electrons. The molecule has 0 heterocycles. The third kappa shape index (κ3) is 39.0. The van der Waals surface area contributed by atoms with Crippen molar-refractivity contribution in [3.63, 3.8) is 0 Å². The molecule has 0 saturated heterocycles. The highest BCUT2D eigenvalue weighted by atomic mass is 16.5. The van der Waals surface area contributed by atoms with Gasteiger partial charge in [-0.3, -0.25) is 14.4 Å². The number of unbranched alkanes of at least 4 members (excludes halogenated alkanes) is 28. The van der Waals surface area contributed by atoms with Crippen molar-refractivity contribution < 1.29 is 29.0 Å². The number of hydrogen-bond acceptors (Lipinski definition) is 6. The molecular formula is C42H81NO6. The van der Waals surface area contributed by atoms with E-state index in [0.717, 1.165) is 38.5 Å². The Balaban J connectivity index is 3.84. The maximum atomic E-state index is 12.3. The topological polar surface area (TPSA) is 102 Å². The molecule has 0 aromatic heterocycles. The van der Waals surface area contributed by atoms with E-state index in [2.05, 4.69) is 19.2 Å². The van der Waals surface area contributed by atoms with Crippen LogP contribution in [0.15, 0.2) is 0 Å². The van der Waals surface area contributed by atoms with E-state index in [-0.39, 0.29) is 38.1 Å². The molecule has 0 aromatic carbocycles. The molecule has 0 amide bonds. The number of carbonyl (C=O) groups is 3. The first kappa shape index (κ1) is 47.4. The fourth-order valence-corrected chi connectivity index (χ4v) is 6.36. The molecule has 0 radical (unpaired) electrons. The lowest BCUT2D eigenvalue weighted by molar-refractivity contribution is -0.148. The number of carbonyl (C=O) groups excluding carboxylic acids is 2. The average molecular weight is 696 g/mol. The normalized spacial score (nSPS) is 11.3. The quantitative estimate of drug-likeness (QED) is 0.0486. The minimum Gasteiger partial charge on any atom is -0.481 e. The molecule has 0 aliphatic carbocycles. The second-order valence-corrected chi connectivity index (χ2v) is 14.6. The first-order valence-electron chi connectivity index (χ1n) is 21.3. The van der Waals surface area contributed by atoms with Gasteiger partial charge in [0, 0.05) is 19.4 Å². The lowest BCUT2D eigenvalue weighted by Gasteiger charge is -2.18. The average Bonchev–Trinajstić information content (AvgIpc) is 3.09. The van der Waals surface area contributed by atoms with Crippen molar-refractivity contribution >= 4 is 17.9 Å². The number of hydrogen-bond donors (Lipinski definition) is 2. The van der Waals surface area contributed by atoms with E-state index >= 15 is 0 Å². The van der Waals surface area contributed by atoms with E-state index in [1.165, 1.54) is 154 Å². The Morgan fingerprint density at radius 3 is 0.959 bits per heavy atom. The Morgan fingerprint density at radius 2 is 0.694 bits per heavy atom. The van der Waals surface area contributed by atoms with Crippen molar-refractivity contribution in [1.82, 2.24) is 5.32 Å². The van der Waals surface area contributed by atoms with Crippen molar-refractivity contribution in [2.75, 3.05) is 19.8 Å². The fraction of sp³-hybridized carbons (Fsp3) is 0.929. The monoisotopic (exact) mass is 696 g/mol. The molecule has 7 heteroatoms. The van der Waals surface area contributed by atoms with Gasteiger partial charge in [-0.05, 0) is 12.8 Å². The molecule has 0 aliphatic heterocycles. The summed E-state index contributed by atoms with van der Waals surface area (Å²) >= 11 is 0. The van der Waals surface area contributed by atoms with E-state index in [9.17, 15) is 14.4 Å². The van der Waals surface area contributed by atoms with Gasteiger partial charge in [0.1, 0.15) is 13.2 Å². The minimum atomic E-state index is -0.901. The Kier molecular flexibility index (Phi) is 37.9. The Morgan fingerprint density at radius 1 is 0.429 bits per heavy atom. The van der Waals surface area contributed by atoms with Crippen LogP contribution in [0.1, 0.15) is 226 Å². The zero-order chi connectivity index (χ0) is 35.9. The van der Waals surface area contributed by atoms with Crippen molar-refractivity contribution in [3.8, 4) is 0 Å². The summed E-state index contributed by atoms with van der Waals surface area (Å²) in [5.41, 5.74) is 0. The lowest BCUT2D eigenvalue weighted by Crippen LogP contribution is -2.40. The van der Waals surface area contributed by atoms with Crippen LogP contribution in [0, 0.1) is 0 Å². The lowest BCUT2D eigenvalue weighted by atomic mass is 10.0. The number of esters is 2. The molecule has 0 aromatic rings. The van der Waals surface area contributed by atoms with Gasteiger partial charge < -0.3 is 19.9 Å². The zero-order valence-corrected chi connectivity index (χ0v) is 32.5. The molecule has 49 heavy (non-hydrogen) atoms. The van der Waals surface area contributed by atoms with Crippen molar-refractivity contribution in [2.45, 2.75) is 232 Å². The van der Waals surface area contributed by atoms with Gasteiger partial charge in [0.05, 0.1) is 12.5 Å². The van der Waals surface area contributed by atoms with Crippen molar-refractivity contribution in [2.24, 2.45) is 0 Å². The summed E-state index contributed by atoms with van der Waals surface area (Å²) in [6, 6.07) is -0.408. The molecule has 0 atom stereocenters. The third-order valence-electron chi connectivity index (χ3n) is 9.63. The Bertz CT molecular complexity index is 680. The highest BCUT2D eigenvalue weighted by molar-refractivity contribution is 5.70. The number of aliphatic carboxylic acids is 1. The largest absolute Gasteiger partial charge is 0.481 e. The number of nitrogens with one attached hydrogen (secondary N) is 1. The molecule has 0 bridgehead atoms. The molecule has 2 N–H and O–H groups in total. The van der Waals surface area contributed by atoms with Crippen LogP contribution in [0.5, 0.6) is 0 Å². The Hall–Kier alpha value is -1.63. The van der Waals surface area contributed by atoms with Crippen LogP contribution in [0.3, 0.4) is 0 Å². The number of carboxylic acid groups (broad SMARTS) is 1. The van der Waals surface area contributed by atoms with Crippen LogP contribution >= 0.6 is 0 Å². The van der Waals surface area contributed by atoms with Gasteiger partial charge in [-0.1, -0.05) is 194 Å². The maximum Gasteiger partial charge on any atom is 0.305 e. The molecule has 0 fully saturated rings. The van der Waals surface area contributed by atoms with Crippen LogP contribution in [-0.4, -0.2) is 48.8 Å². The number of carboxylic acids is 1. The van der Waals surface area contributed by atoms with Gasteiger partial charge in [0.2, 0.25) is 0 Å². The number of ether oxygens (including phenoxy) is 2. The fourth-order valence-electron chi connectivity index (χ4n) is 6.36. The van der Waals surface area contributed by atoms with Crippen LogP contribution in [0.25, 0.3) is 0 Å². The van der Waals surface area contributed by atoms with Gasteiger partial charge >= 0.3 is 17.9 Å². The Labute approximate surface area is 303 Å². The highest BCUT2D eigenvalue weighted by Crippen LogP contribution is 2.15. The summed E-state index contributed by atoms with van der Waals surface area (Å²) in [5.74, 6) is -1.39. The van der Waals surface area contributed by atoms with E-state index in [1.807, 2.05) is 0 Å². The van der Waals surface area contributed by atoms with Crippen molar-refractivity contribution in [1.29, 1.82) is 0 Å². The van der Waals surface area contributed by atoms with Gasteiger partial charge in [0.15, 0.2) is 0 Å². The van der Waals surface area contributed by atoms with E-state index in [4.69, 9.17) is 14.6 Å². The minimum absolute atomic E-state index is 0.0450. The summed E-state index contributed by atoms with van der Waals surface area (Å²) < 4.78 is 10.9. The molecule has 0 rings (SSSR count). The summed E-state index contributed by atoms with van der Waals surface area (Å²) in [5, 5.41) is 12.0. The highest BCUT2D eigenvalue weighted by Gasteiger charge is 2.15. The summed E-state index contributed by atoms with van der Waals surface area (Å²) in [6.45, 7) is 4.91. The molecule has 0 spiro atoms. The van der Waals surface area contributed by atoms with Gasteiger partial charge in [-0.25, -0.2) is 0 Å². The third-order valence-corrected chi connectivity index (χ3v) is 9.63. The van der Waals surface area contributed by atoms with Gasteiger partial charge in [0.25, 0.3) is 0 Å². The SMILES string of the molecule is CCCCCCCCCCCCCCCCCC(=O)OCC(COC(=O)CCCCCCCCCCCCCCCCC)NCCC(=O)O. The summed E-state index contributed by atoms with van der Waals surface area (Å²) in [7, 11) is 0. The molecule has 0 unspecified atom stereocenters. The summed E-state index contributed by atoms with van der Waals surface area (Å²) in [6.07, 6.45) is 39.2. The molecule has 7 nitrogen and oxygen atoms in total. The van der Waals surface area contributed by atoms with Crippen LogP contribution in [0.4, 0.5) is 0 Å². The summed E-state index contributed by atoms with van der Waals surface area (Å²) in [4.78, 5) is 35.6. The standard InChI is InChI=1S/C42H81NO6/c1-3-5-7-9-11-13-15-17-19-21-23-25-27-29-31-33-41(46)48-37-39(43-36-35-40(44)45)38-49-42(47)34-32-30-28-26-24-22-20-18-16-14-12-10-8-6-4-2/h39,43H,3-38H2,1-2H3,(H,44,45). The van der Waals surface area contributed by atoms with E-state index in [0.29, 0.717) is 12.8 Å². The van der Waals surface area contributed by atoms with Crippen LogP contribution in [0.2, 0.25) is 0 Å². The van der Waals surface area contributed by atoms with Gasteiger partial charge in [-0.15, -0.1) is 0 Å². The van der Waals surface area contributed by atoms with E-state index < -0.39 is 12.0 Å². The molecular weight excluding hydrogens is 614 g/mol.